The number of aromatic hydroxyl groups is 2. The van der Waals surface area contributed by atoms with E-state index in [1.807, 2.05) is 18.2 Å². The Morgan fingerprint density at radius 3 is 2.27 bits per heavy atom. The molecule has 0 aliphatic rings. The van der Waals surface area contributed by atoms with Crippen molar-refractivity contribution in [1.82, 2.24) is 0 Å². The van der Waals surface area contributed by atoms with Crippen molar-refractivity contribution < 1.29 is 24.9 Å². The number of aromatic carboxylic acids is 1. The van der Waals surface area contributed by atoms with Crippen molar-refractivity contribution >= 4 is 51.5 Å². The average molecular weight is 470 g/mol. The quantitative estimate of drug-likeness (QED) is 0.194. The first kappa shape index (κ1) is 22.3. The molecule has 0 spiro atoms. The predicted molar refractivity (Wildman–Crippen MR) is 119 cm³/mol. The molecular weight excluding hydrogens is 451 g/mol. The number of carboxylic acid groups (broad SMARTS) is 1. The van der Waals surface area contributed by atoms with Gasteiger partial charge in [0.15, 0.2) is 11.5 Å². The van der Waals surface area contributed by atoms with Gasteiger partial charge in [-0.05, 0) is 60.7 Å². The van der Waals surface area contributed by atoms with E-state index in [1.54, 1.807) is 18.2 Å². The topological polar surface area (TPSA) is 87.0 Å². The van der Waals surface area contributed by atoms with Crippen LogP contribution in [0.25, 0.3) is 10.8 Å². The number of halogens is 3. The summed E-state index contributed by atoms with van der Waals surface area (Å²) in [4.78, 5) is 11.0. The zero-order valence-electron chi connectivity index (χ0n) is 15.8. The van der Waals surface area contributed by atoms with E-state index >= 15 is 0 Å². The SMILES string of the molecule is O=C(O)c1ccc2cc(OCCCCCc3c(O)c(O)c(Cl)c(Cl)c3Cl)ccc2c1. The summed E-state index contributed by atoms with van der Waals surface area (Å²) in [6.45, 7) is 0.505. The van der Waals surface area contributed by atoms with Crippen LogP contribution in [0.4, 0.5) is 0 Å². The van der Waals surface area contributed by atoms with Crippen LogP contribution in [0.2, 0.25) is 15.1 Å². The molecule has 0 heterocycles. The molecule has 0 fully saturated rings. The van der Waals surface area contributed by atoms with Gasteiger partial charge in [-0.3, -0.25) is 0 Å². The second-order valence-electron chi connectivity index (χ2n) is 6.81. The molecule has 0 aromatic heterocycles. The maximum atomic E-state index is 11.0. The molecule has 0 aliphatic carbocycles. The third kappa shape index (κ3) is 4.86. The van der Waals surface area contributed by atoms with E-state index in [-0.39, 0.29) is 26.4 Å². The number of fused-ring (bicyclic) bond motifs is 1. The number of ether oxygens (including phenoxy) is 1. The van der Waals surface area contributed by atoms with Crippen molar-refractivity contribution in [3.05, 3.63) is 62.6 Å². The number of carboxylic acids is 1. The number of phenols is 2. The molecule has 0 radical (unpaired) electrons. The van der Waals surface area contributed by atoms with E-state index in [1.165, 1.54) is 0 Å². The minimum atomic E-state index is -0.956. The summed E-state index contributed by atoms with van der Waals surface area (Å²) in [5, 5.41) is 30.6. The molecule has 0 amide bonds. The van der Waals surface area contributed by atoms with Gasteiger partial charge in [0.05, 0.1) is 22.2 Å². The molecule has 3 aromatic carbocycles. The summed E-state index contributed by atoms with van der Waals surface area (Å²) in [5.74, 6) is -1.05. The first-order chi connectivity index (χ1) is 14.3. The monoisotopic (exact) mass is 468 g/mol. The Labute approximate surface area is 188 Å². The number of phenolic OH excluding ortho intramolecular Hbond substituents is 2. The van der Waals surface area contributed by atoms with Gasteiger partial charge >= 0.3 is 5.97 Å². The van der Waals surface area contributed by atoms with Crippen LogP contribution < -0.4 is 4.74 Å². The van der Waals surface area contributed by atoms with E-state index < -0.39 is 11.7 Å². The van der Waals surface area contributed by atoms with Gasteiger partial charge in [0.1, 0.15) is 10.8 Å². The van der Waals surface area contributed by atoms with Gasteiger partial charge in [-0.25, -0.2) is 4.79 Å². The van der Waals surface area contributed by atoms with Gasteiger partial charge in [0, 0.05) is 5.56 Å². The minimum Gasteiger partial charge on any atom is -0.504 e. The fraction of sp³-hybridized carbons (Fsp3) is 0.227. The number of hydrogen-bond donors (Lipinski definition) is 3. The van der Waals surface area contributed by atoms with Gasteiger partial charge < -0.3 is 20.1 Å². The van der Waals surface area contributed by atoms with Crippen LogP contribution in [0.3, 0.4) is 0 Å². The summed E-state index contributed by atoms with van der Waals surface area (Å²) >= 11 is 17.9. The van der Waals surface area contributed by atoms with Gasteiger partial charge in [-0.15, -0.1) is 0 Å². The lowest BCUT2D eigenvalue weighted by Crippen LogP contribution is -1.99. The van der Waals surface area contributed by atoms with Crippen LogP contribution in [0.1, 0.15) is 35.2 Å². The maximum absolute atomic E-state index is 11.0. The Hall–Kier alpha value is -2.34. The van der Waals surface area contributed by atoms with Gasteiger partial charge in [0.2, 0.25) is 0 Å². The normalized spacial score (nSPS) is 11.0. The third-order valence-electron chi connectivity index (χ3n) is 4.77. The van der Waals surface area contributed by atoms with Gasteiger partial charge in [0.25, 0.3) is 0 Å². The Kier molecular flexibility index (Phi) is 7.19. The highest BCUT2D eigenvalue weighted by Crippen LogP contribution is 2.46. The van der Waals surface area contributed by atoms with Crippen molar-refractivity contribution in [2.75, 3.05) is 6.61 Å². The Morgan fingerprint density at radius 1 is 0.833 bits per heavy atom. The lowest BCUT2D eigenvalue weighted by Gasteiger charge is -2.12. The highest BCUT2D eigenvalue weighted by atomic mass is 35.5. The number of carbonyl (C=O) groups is 1. The number of unbranched alkanes of at least 4 members (excludes halogenated alkanes) is 2. The van der Waals surface area contributed by atoms with Crippen LogP contribution in [-0.2, 0) is 6.42 Å². The molecule has 0 unspecified atom stereocenters. The Bertz CT molecular complexity index is 1070. The molecule has 0 aliphatic heterocycles. The van der Waals surface area contributed by atoms with Gasteiger partial charge in [-0.2, -0.15) is 0 Å². The van der Waals surface area contributed by atoms with Crippen molar-refractivity contribution in [2.45, 2.75) is 25.7 Å². The minimum absolute atomic E-state index is 0.0266. The van der Waals surface area contributed by atoms with Crippen molar-refractivity contribution in [1.29, 1.82) is 0 Å². The first-order valence-corrected chi connectivity index (χ1v) is 10.4. The van der Waals surface area contributed by atoms with E-state index in [0.29, 0.717) is 30.8 Å². The lowest BCUT2D eigenvalue weighted by molar-refractivity contribution is 0.0697. The summed E-state index contributed by atoms with van der Waals surface area (Å²) in [5.41, 5.74) is 0.623. The van der Waals surface area contributed by atoms with Crippen LogP contribution >= 0.6 is 34.8 Å². The highest BCUT2D eigenvalue weighted by Gasteiger charge is 2.20. The second kappa shape index (κ2) is 9.65. The molecule has 158 valence electrons. The molecule has 3 rings (SSSR count). The summed E-state index contributed by atoms with van der Waals surface area (Å²) in [6, 6.07) is 10.5. The van der Waals surface area contributed by atoms with E-state index in [2.05, 4.69) is 0 Å². The third-order valence-corrected chi connectivity index (χ3v) is 6.12. The fourth-order valence-electron chi connectivity index (χ4n) is 3.13. The number of hydrogen-bond acceptors (Lipinski definition) is 4. The molecule has 30 heavy (non-hydrogen) atoms. The molecular formula is C22H19Cl3O5. The molecule has 3 aromatic rings. The zero-order valence-corrected chi connectivity index (χ0v) is 18.1. The first-order valence-electron chi connectivity index (χ1n) is 9.26. The van der Waals surface area contributed by atoms with Gasteiger partial charge in [-0.1, -0.05) is 46.9 Å². The standard InChI is InChI=1S/C22H19Cl3O5/c23-17-16(20(26)21(27)19(25)18(17)24)4-2-1-3-9-30-15-8-7-12-10-14(22(28)29)6-5-13(12)11-15/h5-8,10-11,26-27H,1-4,9H2,(H,28,29). The fourth-order valence-corrected chi connectivity index (χ4v) is 3.84. The summed E-state index contributed by atoms with van der Waals surface area (Å²) in [7, 11) is 0. The zero-order chi connectivity index (χ0) is 21.8. The van der Waals surface area contributed by atoms with Crippen LogP contribution in [-0.4, -0.2) is 27.9 Å². The Balaban J connectivity index is 1.50. The molecule has 8 heteroatoms. The Morgan fingerprint density at radius 2 is 1.53 bits per heavy atom. The van der Waals surface area contributed by atoms with E-state index in [4.69, 9.17) is 44.6 Å². The molecule has 0 atom stereocenters. The second-order valence-corrected chi connectivity index (χ2v) is 7.94. The smallest absolute Gasteiger partial charge is 0.335 e. The molecule has 0 bridgehead atoms. The summed E-state index contributed by atoms with van der Waals surface area (Å²) in [6.07, 6.45) is 2.74. The molecule has 5 nitrogen and oxygen atoms in total. The van der Waals surface area contributed by atoms with Crippen LogP contribution in [0.5, 0.6) is 17.2 Å². The highest BCUT2D eigenvalue weighted by molar-refractivity contribution is 6.49. The van der Waals surface area contributed by atoms with Crippen molar-refractivity contribution in [3.63, 3.8) is 0 Å². The van der Waals surface area contributed by atoms with Crippen molar-refractivity contribution in [3.8, 4) is 17.2 Å². The molecule has 3 N–H and O–H groups in total. The largest absolute Gasteiger partial charge is 0.504 e. The maximum Gasteiger partial charge on any atom is 0.335 e. The number of rotatable bonds is 8. The van der Waals surface area contributed by atoms with Crippen molar-refractivity contribution in [2.24, 2.45) is 0 Å². The van der Waals surface area contributed by atoms with E-state index in [0.717, 1.165) is 23.6 Å². The molecule has 0 saturated heterocycles. The number of benzene rings is 3. The van der Waals surface area contributed by atoms with E-state index in [9.17, 15) is 15.0 Å². The predicted octanol–water partition coefficient (Wildman–Crippen LogP) is 6.70. The summed E-state index contributed by atoms with van der Waals surface area (Å²) < 4.78 is 5.78. The molecule has 0 saturated carbocycles. The van der Waals surface area contributed by atoms with Crippen LogP contribution in [0.15, 0.2) is 36.4 Å². The van der Waals surface area contributed by atoms with Crippen LogP contribution in [0, 0.1) is 0 Å². The lowest BCUT2D eigenvalue weighted by atomic mass is 10.1. The average Bonchev–Trinajstić information content (AvgIpc) is 2.74.